The second-order valence-corrected chi connectivity index (χ2v) is 6.61. The van der Waals surface area contributed by atoms with E-state index in [0.717, 1.165) is 23.1 Å². The lowest BCUT2D eigenvalue weighted by Gasteiger charge is -2.23. The molecular formula is C15H14N2O3S. The van der Waals surface area contributed by atoms with Gasteiger partial charge in [0, 0.05) is 17.6 Å². The highest BCUT2D eigenvalue weighted by Gasteiger charge is 2.51. The topological polar surface area (TPSA) is 70.5 Å². The van der Waals surface area contributed by atoms with Gasteiger partial charge in [0.2, 0.25) is 0 Å². The highest BCUT2D eigenvalue weighted by atomic mass is 32.1. The number of carbonyl (C=O) groups excluding carboxylic acids is 1. The lowest BCUT2D eigenvalue weighted by atomic mass is 9.89. The molecule has 5 nitrogen and oxygen atoms in total. The van der Waals surface area contributed by atoms with Crippen molar-refractivity contribution in [1.29, 1.82) is 0 Å². The number of aliphatic carboxylic acids is 1. The van der Waals surface area contributed by atoms with E-state index in [-0.39, 0.29) is 18.0 Å². The maximum atomic E-state index is 12.8. The standard InChI is InChI=1S/C15H14N2O3S/c18-14(8-1-3-11-13(5-8)21-7-16-11)17-9-2-4-12(17)10(6-9)15(19)20/h1,3,5,7,9-10,12H,2,4,6H2,(H,19,20). The maximum Gasteiger partial charge on any atom is 0.308 e. The zero-order valence-electron chi connectivity index (χ0n) is 11.2. The monoisotopic (exact) mass is 302 g/mol. The van der Waals surface area contributed by atoms with Gasteiger partial charge >= 0.3 is 5.97 Å². The molecule has 3 unspecified atom stereocenters. The highest BCUT2D eigenvalue weighted by molar-refractivity contribution is 7.16. The molecule has 0 aliphatic carbocycles. The average molecular weight is 302 g/mol. The Hall–Kier alpha value is -1.95. The summed E-state index contributed by atoms with van der Waals surface area (Å²) in [6.07, 6.45) is 2.31. The molecule has 2 bridgehead atoms. The van der Waals surface area contributed by atoms with E-state index in [0.29, 0.717) is 12.0 Å². The predicted octanol–water partition coefficient (Wildman–Crippen LogP) is 2.37. The van der Waals surface area contributed by atoms with Gasteiger partial charge in [-0.3, -0.25) is 9.59 Å². The molecule has 1 N–H and O–H groups in total. The van der Waals surface area contributed by atoms with Crippen molar-refractivity contribution in [1.82, 2.24) is 9.88 Å². The summed E-state index contributed by atoms with van der Waals surface area (Å²) >= 11 is 1.51. The van der Waals surface area contributed by atoms with Crippen LogP contribution in [-0.4, -0.2) is 39.0 Å². The van der Waals surface area contributed by atoms with Crippen molar-refractivity contribution in [2.75, 3.05) is 0 Å². The molecule has 21 heavy (non-hydrogen) atoms. The fraction of sp³-hybridized carbons (Fsp3) is 0.400. The number of hydrogen-bond acceptors (Lipinski definition) is 4. The van der Waals surface area contributed by atoms with Crippen LogP contribution in [0.15, 0.2) is 23.7 Å². The Bertz CT molecular complexity index is 741. The molecule has 2 aliphatic rings. The lowest BCUT2D eigenvalue weighted by molar-refractivity contribution is -0.142. The number of thiazole rings is 1. The zero-order valence-corrected chi connectivity index (χ0v) is 12.0. The Labute approximate surface area is 125 Å². The molecule has 2 aromatic rings. The molecule has 3 atom stereocenters. The van der Waals surface area contributed by atoms with Crippen LogP contribution in [0.2, 0.25) is 0 Å². The van der Waals surface area contributed by atoms with Crippen molar-refractivity contribution < 1.29 is 14.7 Å². The van der Waals surface area contributed by atoms with Gasteiger partial charge in [-0.05, 0) is 37.5 Å². The number of aromatic nitrogens is 1. The van der Waals surface area contributed by atoms with E-state index in [1.54, 1.807) is 16.5 Å². The lowest BCUT2D eigenvalue weighted by Crippen LogP contribution is -2.37. The first kappa shape index (κ1) is 12.8. The Morgan fingerprint density at radius 3 is 2.95 bits per heavy atom. The number of rotatable bonds is 2. The van der Waals surface area contributed by atoms with Crippen LogP contribution >= 0.6 is 11.3 Å². The third kappa shape index (κ3) is 1.86. The average Bonchev–Trinajstić information content (AvgIpc) is 3.19. The summed E-state index contributed by atoms with van der Waals surface area (Å²) in [7, 11) is 0. The number of carboxylic acids is 1. The van der Waals surface area contributed by atoms with Crippen molar-refractivity contribution in [3.05, 3.63) is 29.3 Å². The second-order valence-electron chi connectivity index (χ2n) is 5.73. The van der Waals surface area contributed by atoms with E-state index < -0.39 is 11.9 Å². The van der Waals surface area contributed by atoms with Crippen LogP contribution < -0.4 is 0 Å². The quantitative estimate of drug-likeness (QED) is 0.924. The number of nitrogens with zero attached hydrogens (tertiary/aromatic N) is 2. The van der Waals surface area contributed by atoms with Gasteiger partial charge < -0.3 is 10.0 Å². The van der Waals surface area contributed by atoms with Crippen molar-refractivity contribution in [3.8, 4) is 0 Å². The molecule has 3 heterocycles. The van der Waals surface area contributed by atoms with E-state index in [1.165, 1.54) is 11.3 Å². The Morgan fingerprint density at radius 1 is 1.33 bits per heavy atom. The molecule has 1 aromatic heterocycles. The number of carbonyl (C=O) groups is 2. The van der Waals surface area contributed by atoms with Gasteiger partial charge in [0.25, 0.3) is 5.91 Å². The van der Waals surface area contributed by atoms with Gasteiger partial charge in [0.1, 0.15) is 0 Å². The van der Waals surface area contributed by atoms with Crippen molar-refractivity contribution in [2.45, 2.75) is 31.3 Å². The molecule has 6 heteroatoms. The molecule has 108 valence electrons. The summed E-state index contributed by atoms with van der Waals surface area (Å²) in [6.45, 7) is 0. The SMILES string of the molecule is O=C(O)C1CC2CCC1N2C(=O)c1ccc2ncsc2c1. The minimum Gasteiger partial charge on any atom is -0.481 e. The van der Waals surface area contributed by atoms with E-state index in [9.17, 15) is 14.7 Å². The number of hydrogen-bond donors (Lipinski definition) is 1. The molecule has 1 aromatic carbocycles. The number of benzene rings is 1. The molecule has 4 rings (SSSR count). The molecule has 0 radical (unpaired) electrons. The first-order valence-electron chi connectivity index (χ1n) is 7.04. The first-order chi connectivity index (χ1) is 10.1. The van der Waals surface area contributed by atoms with Crippen LogP contribution in [0.3, 0.4) is 0 Å². The number of amides is 1. The third-order valence-electron chi connectivity index (χ3n) is 4.67. The summed E-state index contributed by atoms with van der Waals surface area (Å²) in [5, 5.41) is 9.27. The zero-order chi connectivity index (χ0) is 14.6. The first-order valence-corrected chi connectivity index (χ1v) is 7.92. The predicted molar refractivity (Wildman–Crippen MR) is 78.3 cm³/mol. The van der Waals surface area contributed by atoms with Gasteiger partial charge in [-0.1, -0.05) is 0 Å². The molecular weight excluding hydrogens is 288 g/mol. The van der Waals surface area contributed by atoms with Gasteiger partial charge in [0.05, 0.1) is 21.6 Å². The van der Waals surface area contributed by atoms with Crippen molar-refractivity contribution >= 4 is 33.4 Å². The van der Waals surface area contributed by atoms with Crippen LogP contribution in [0.1, 0.15) is 29.6 Å². The summed E-state index contributed by atoms with van der Waals surface area (Å²) in [5.41, 5.74) is 3.29. The van der Waals surface area contributed by atoms with E-state index in [1.807, 2.05) is 12.1 Å². The van der Waals surface area contributed by atoms with E-state index in [4.69, 9.17) is 0 Å². The maximum absolute atomic E-state index is 12.8. The summed E-state index contributed by atoms with van der Waals surface area (Å²) < 4.78 is 0.988. The minimum absolute atomic E-state index is 0.0402. The van der Waals surface area contributed by atoms with Gasteiger partial charge in [-0.15, -0.1) is 11.3 Å². The van der Waals surface area contributed by atoms with Gasteiger partial charge in [0.15, 0.2) is 0 Å². The fourth-order valence-corrected chi connectivity index (χ4v) is 4.42. The summed E-state index contributed by atoms with van der Waals surface area (Å²) in [4.78, 5) is 30.1. The summed E-state index contributed by atoms with van der Waals surface area (Å²) in [5.74, 6) is -1.22. The third-order valence-corrected chi connectivity index (χ3v) is 5.46. The number of carboxylic acid groups (broad SMARTS) is 1. The minimum atomic E-state index is -0.780. The molecule has 0 saturated carbocycles. The second kappa shape index (κ2) is 4.53. The van der Waals surface area contributed by atoms with E-state index >= 15 is 0 Å². The fourth-order valence-electron chi connectivity index (χ4n) is 3.71. The Morgan fingerprint density at radius 2 is 2.19 bits per heavy atom. The van der Waals surface area contributed by atoms with Crippen molar-refractivity contribution in [2.24, 2.45) is 5.92 Å². The molecule has 1 amide bonds. The highest BCUT2D eigenvalue weighted by Crippen LogP contribution is 2.42. The molecule has 2 aliphatic heterocycles. The van der Waals surface area contributed by atoms with Crippen LogP contribution in [0.5, 0.6) is 0 Å². The summed E-state index contributed by atoms with van der Waals surface area (Å²) in [6, 6.07) is 5.45. The van der Waals surface area contributed by atoms with Gasteiger partial charge in [-0.25, -0.2) is 4.98 Å². The Kier molecular flexibility index (Phi) is 2.75. The van der Waals surface area contributed by atoms with Crippen LogP contribution in [0.25, 0.3) is 10.2 Å². The molecule has 2 fully saturated rings. The normalized spacial score (nSPS) is 27.4. The van der Waals surface area contributed by atoms with Crippen LogP contribution in [-0.2, 0) is 4.79 Å². The Balaban J connectivity index is 1.67. The molecule has 0 spiro atoms. The van der Waals surface area contributed by atoms with Crippen molar-refractivity contribution in [3.63, 3.8) is 0 Å². The number of fused-ring (bicyclic) bond motifs is 3. The smallest absolute Gasteiger partial charge is 0.308 e. The van der Waals surface area contributed by atoms with Crippen LogP contribution in [0, 0.1) is 5.92 Å². The molecule has 2 saturated heterocycles. The van der Waals surface area contributed by atoms with E-state index in [2.05, 4.69) is 4.98 Å². The van der Waals surface area contributed by atoms with Gasteiger partial charge in [-0.2, -0.15) is 0 Å². The largest absolute Gasteiger partial charge is 0.481 e. The van der Waals surface area contributed by atoms with Crippen LogP contribution in [0.4, 0.5) is 0 Å².